The van der Waals surface area contributed by atoms with Crippen molar-refractivity contribution in [3.8, 4) is 0 Å². The van der Waals surface area contributed by atoms with Gasteiger partial charge in [-0.05, 0) is 68.5 Å². The number of nitrogens with one attached hydrogen (secondary N) is 1. The molecule has 1 unspecified atom stereocenters. The highest BCUT2D eigenvalue weighted by atomic mass is 35.5. The first-order chi connectivity index (χ1) is 17.4. The second-order valence-electron chi connectivity index (χ2n) is 9.30. The van der Waals surface area contributed by atoms with E-state index in [-0.39, 0.29) is 43.8 Å². The molecule has 0 aromatic heterocycles. The molecular formula is C27H37Cl2N3O4S. The standard InChI is InChI=1S/C27H37Cl2N3O4S/c1-6-20-10-14-23(15-11-20)32(37(5,35)36)16-8-9-26(33)31(25(7-2)27(34)30-19(3)4)18-21-12-13-22(28)17-24(21)29/h10-15,17,19,25H,6-9,16,18H2,1-5H3,(H,30,34). The van der Waals surface area contributed by atoms with E-state index in [0.29, 0.717) is 27.7 Å². The van der Waals surface area contributed by atoms with Crippen molar-refractivity contribution in [2.45, 2.75) is 72.0 Å². The molecule has 0 saturated heterocycles. The van der Waals surface area contributed by atoms with Gasteiger partial charge in [-0.15, -0.1) is 0 Å². The second-order valence-corrected chi connectivity index (χ2v) is 12.1. The van der Waals surface area contributed by atoms with Crippen LogP contribution >= 0.6 is 23.2 Å². The first-order valence-corrected chi connectivity index (χ1v) is 15.1. The summed E-state index contributed by atoms with van der Waals surface area (Å²) >= 11 is 12.4. The lowest BCUT2D eigenvalue weighted by atomic mass is 10.1. The highest BCUT2D eigenvalue weighted by molar-refractivity contribution is 7.92. The Morgan fingerprint density at radius 3 is 2.19 bits per heavy atom. The van der Waals surface area contributed by atoms with Crippen LogP contribution in [0.25, 0.3) is 0 Å². The highest BCUT2D eigenvalue weighted by Gasteiger charge is 2.29. The molecular weight excluding hydrogens is 533 g/mol. The molecule has 0 aliphatic carbocycles. The predicted octanol–water partition coefficient (Wildman–Crippen LogP) is 5.43. The Bertz CT molecular complexity index is 1170. The van der Waals surface area contributed by atoms with Gasteiger partial charge in [0.2, 0.25) is 21.8 Å². The van der Waals surface area contributed by atoms with Crippen molar-refractivity contribution in [3.05, 3.63) is 63.6 Å². The first kappa shape index (κ1) is 30.9. The monoisotopic (exact) mass is 569 g/mol. The van der Waals surface area contributed by atoms with Crippen LogP contribution in [0.15, 0.2) is 42.5 Å². The molecule has 2 amide bonds. The number of hydrogen-bond acceptors (Lipinski definition) is 4. The van der Waals surface area contributed by atoms with Crippen LogP contribution in [0.2, 0.25) is 10.0 Å². The Labute approximate surface area is 231 Å². The van der Waals surface area contributed by atoms with Crippen LogP contribution in [0.3, 0.4) is 0 Å². The molecule has 37 heavy (non-hydrogen) atoms. The average molecular weight is 571 g/mol. The van der Waals surface area contributed by atoms with E-state index in [1.807, 2.05) is 39.8 Å². The number of aryl methyl sites for hydroxylation is 1. The quantitative estimate of drug-likeness (QED) is 0.348. The third-order valence-electron chi connectivity index (χ3n) is 5.96. The lowest BCUT2D eigenvalue weighted by Crippen LogP contribution is -2.50. The van der Waals surface area contributed by atoms with Gasteiger partial charge in [0.1, 0.15) is 6.04 Å². The average Bonchev–Trinajstić information content (AvgIpc) is 2.81. The molecule has 7 nitrogen and oxygen atoms in total. The maximum Gasteiger partial charge on any atom is 0.243 e. The van der Waals surface area contributed by atoms with Gasteiger partial charge in [0, 0.05) is 35.6 Å². The first-order valence-electron chi connectivity index (χ1n) is 12.5. The molecule has 0 aliphatic heterocycles. The number of benzene rings is 2. The lowest BCUT2D eigenvalue weighted by molar-refractivity contribution is -0.141. The summed E-state index contributed by atoms with van der Waals surface area (Å²) in [7, 11) is -3.55. The minimum absolute atomic E-state index is 0.0652. The maximum absolute atomic E-state index is 13.5. The molecule has 2 aromatic carbocycles. The Balaban J connectivity index is 2.24. The van der Waals surface area contributed by atoms with Gasteiger partial charge in [-0.3, -0.25) is 13.9 Å². The topological polar surface area (TPSA) is 86.8 Å². The summed E-state index contributed by atoms with van der Waals surface area (Å²) in [5.41, 5.74) is 2.33. The van der Waals surface area contributed by atoms with E-state index in [4.69, 9.17) is 23.2 Å². The molecule has 204 valence electrons. The molecule has 10 heteroatoms. The number of halogens is 2. The van der Waals surface area contributed by atoms with Crippen molar-refractivity contribution in [2.75, 3.05) is 17.1 Å². The zero-order valence-corrected chi connectivity index (χ0v) is 24.5. The van der Waals surface area contributed by atoms with Crippen molar-refractivity contribution in [3.63, 3.8) is 0 Å². The zero-order chi connectivity index (χ0) is 27.8. The fourth-order valence-electron chi connectivity index (χ4n) is 4.04. The SMILES string of the molecule is CCc1ccc(N(CCCC(=O)N(Cc2ccc(Cl)cc2Cl)C(CC)C(=O)NC(C)C)S(C)(=O)=O)cc1. The summed E-state index contributed by atoms with van der Waals surface area (Å²) < 4.78 is 26.3. The van der Waals surface area contributed by atoms with Crippen LogP contribution in [0.4, 0.5) is 5.69 Å². The van der Waals surface area contributed by atoms with Gasteiger partial charge in [0.05, 0.1) is 11.9 Å². The smallest absolute Gasteiger partial charge is 0.243 e. The molecule has 0 bridgehead atoms. The summed E-state index contributed by atoms with van der Waals surface area (Å²) in [6, 6.07) is 11.6. The van der Waals surface area contributed by atoms with Crippen LogP contribution in [0.5, 0.6) is 0 Å². The summed E-state index contributed by atoms with van der Waals surface area (Å²) in [5, 5.41) is 3.77. The zero-order valence-electron chi connectivity index (χ0n) is 22.1. The van der Waals surface area contributed by atoms with E-state index in [1.54, 1.807) is 30.3 Å². The van der Waals surface area contributed by atoms with E-state index in [2.05, 4.69) is 5.32 Å². The summed E-state index contributed by atoms with van der Waals surface area (Å²) in [6.45, 7) is 7.87. The van der Waals surface area contributed by atoms with Crippen molar-refractivity contribution in [1.29, 1.82) is 0 Å². The number of hydrogen-bond donors (Lipinski definition) is 1. The van der Waals surface area contributed by atoms with Crippen molar-refractivity contribution in [2.24, 2.45) is 0 Å². The van der Waals surface area contributed by atoms with Gasteiger partial charge < -0.3 is 10.2 Å². The van der Waals surface area contributed by atoms with Gasteiger partial charge in [0.25, 0.3) is 0 Å². The van der Waals surface area contributed by atoms with Gasteiger partial charge in [-0.1, -0.05) is 55.2 Å². The Hall–Kier alpha value is -2.29. The number of carbonyl (C=O) groups is 2. The molecule has 2 rings (SSSR count). The van der Waals surface area contributed by atoms with E-state index in [1.165, 1.54) is 9.21 Å². The minimum Gasteiger partial charge on any atom is -0.352 e. The summed E-state index contributed by atoms with van der Waals surface area (Å²) in [4.78, 5) is 28.0. The Morgan fingerprint density at radius 1 is 1.03 bits per heavy atom. The molecule has 1 atom stereocenters. The number of rotatable bonds is 13. The van der Waals surface area contributed by atoms with E-state index < -0.39 is 16.1 Å². The van der Waals surface area contributed by atoms with Crippen molar-refractivity contribution < 1.29 is 18.0 Å². The van der Waals surface area contributed by atoms with Crippen LogP contribution in [-0.4, -0.2) is 50.0 Å². The number of anilines is 1. The highest BCUT2D eigenvalue weighted by Crippen LogP contribution is 2.25. The second kappa shape index (κ2) is 14.0. The fourth-order valence-corrected chi connectivity index (χ4v) is 5.47. The van der Waals surface area contributed by atoms with Gasteiger partial charge >= 0.3 is 0 Å². The molecule has 0 saturated carbocycles. The molecule has 0 radical (unpaired) electrons. The fraction of sp³-hybridized carbons (Fsp3) is 0.481. The molecule has 0 heterocycles. The number of amides is 2. The maximum atomic E-state index is 13.5. The number of sulfonamides is 1. The van der Waals surface area contributed by atoms with Crippen LogP contribution in [-0.2, 0) is 32.6 Å². The Morgan fingerprint density at radius 2 is 1.68 bits per heavy atom. The Kier molecular flexibility index (Phi) is 11.7. The van der Waals surface area contributed by atoms with Crippen molar-refractivity contribution >= 4 is 50.7 Å². The molecule has 2 aromatic rings. The molecule has 0 spiro atoms. The third-order valence-corrected chi connectivity index (χ3v) is 7.74. The van der Waals surface area contributed by atoms with Crippen molar-refractivity contribution in [1.82, 2.24) is 10.2 Å². The largest absolute Gasteiger partial charge is 0.352 e. The molecule has 1 N–H and O–H groups in total. The lowest BCUT2D eigenvalue weighted by Gasteiger charge is -2.32. The normalized spacial score (nSPS) is 12.3. The third kappa shape index (κ3) is 9.20. The summed E-state index contributed by atoms with van der Waals surface area (Å²) in [5.74, 6) is -0.503. The molecule has 0 fully saturated rings. The van der Waals surface area contributed by atoms with Gasteiger partial charge in [-0.2, -0.15) is 0 Å². The van der Waals surface area contributed by atoms with E-state index in [0.717, 1.165) is 18.2 Å². The predicted molar refractivity (Wildman–Crippen MR) is 152 cm³/mol. The van der Waals surface area contributed by atoms with Crippen LogP contribution in [0, 0.1) is 0 Å². The molecule has 0 aliphatic rings. The van der Waals surface area contributed by atoms with Crippen LogP contribution < -0.4 is 9.62 Å². The summed E-state index contributed by atoms with van der Waals surface area (Å²) in [6.07, 6.45) is 2.77. The minimum atomic E-state index is -3.55. The van der Waals surface area contributed by atoms with Gasteiger partial charge in [-0.25, -0.2) is 8.42 Å². The number of carbonyl (C=O) groups excluding carboxylic acids is 2. The van der Waals surface area contributed by atoms with Crippen LogP contribution in [0.1, 0.15) is 58.1 Å². The van der Waals surface area contributed by atoms with E-state index >= 15 is 0 Å². The number of nitrogens with zero attached hydrogens (tertiary/aromatic N) is 2. The van der Waals surface area contributed by atoms with Gasteiger partial charge in [0.15, 0.2) is 0 Å². The van der Waals surface area contributed by atoms with E-state index in [9.17, 15) is 18.0 Å².